The molecule has 2 heterocycles. The summed E-state index contributed by atoms with van der Waals surface area (Å²) in [6.45, 7) is 3.84. The fourth-order valence-corrected chi connectivity index (χ4v) is 3.04. The smallest absolute Gasteiger partial charge is 0.270 e. The van der Waals surface area contributed by atoms with E-state index in [4.69, 9.17) is 5.73 Å². The molecular weight excluding hydrogens is 222 g/mol. The van der Waals surface area contributed by atoms with E-state index in [2.05, 4.69) is 11.9 Å². The third-order valence-electron chi connectivity index (χ3n) is 2.82. The quantitative estimate of drug-likeness (QED) is 0.823. The molecule has 1 aliphatic rings. The highest BCUT2D eigenvalue weighted by atomic mass is 32.2. The Hall–Kier alpha value is -1.10. The van der Waals surface area contributed by atoms with Gasteiger partial charge in [0.15, 0.2) is 0 Å². The molecule has 0 saturated carbocycles. The van der Waals surface area contributed by atoms with Crippen LogP contribution < -0.4 is 5.73 Å². The van der Waals surface area contributed by atoms with Crippen molar-refractivity contribution >= 4 is 23.4 Å². The fraction of sp³-hybridized carbons (Fsp3) is 0.545. The zero-order valence-electron chi connectivity index (χ0n) is 9.40. The van der Waals surface area contributed by atoms with Gasteiger partial charge in [-0.15, -0.1) is 0 Å². The number of H-pyrrole nitrogens is 1. The van der Waals surface area contributed by atoms with Gasteiger partial charge in [-0.05, 0) is 12.5 Å². The van der Waals surface area contributed by atoms with Gasteiger partial charge in [-0.3, -0.25) is 4.79 Å². The van der Waals surface area contributed by atoms with Crippen molar-refractivity contribution in [3.8, 4) is 0 Å². The number of hydrogen-bond acceptors (Lipinski definition) is 3. The topological polar surface area (TPSA) is 62.1 Å². The normalized spacial score (nSPS) is 21.1. The first-order chi connectivity index (χ1) is 7.70. The van der Waals surface area contributed by atoms with Crippen molar-refractivity contribution in [1.29, 1.82) is 0 Å². The third-order valence-corrected chi connectivity index (χ3v) is 4.19. The summed E-state index contributed by atoms with van der Waals surface area (Å²) in [7, 11) is 0. The molecule has 1 unspecified atom stereocenters. The van der Waals surface area contributed by atoms with Crippen LogP contribution in [0.15, 0.2) is 12.3 Å². The van der Waals surface area contributed by atoms with E-state index >= 15 is 0 Å². The molecule has 0 aliphatic carbocycles. The van der Waals surface area contributed by atoms with Gasteiger partial charge in [0.25, 0.3) is 5.91 Å². The molecule has 0 radical (unpaired) electrons. The van der Waals surface area contributed by atoms with Crippen LogP contribution >= 0.6 is 11.8 Å². The van der Waals surface area contributed by atoms with Crippen molar-refractivity contribution < 1.29 is 4.79 Å². The van der Waals surface area contributed by atoms with Crippen molar-refractivity contribution in [1.82, 2.24) is 9.88 Å². The predicted octanol–water partition coefficient (Wildman–Crippen LogP) is 1.56. The Kier molecular flexibility index (Phi) is 3.43. The molecule has 2 rings (SSSR count). The van der Waals surface area contributed by atoms with Crippen molar-refractivity contribution in [2.24, 2.45) is 0 Å². The van der Waals surface area contributed by atoms with E-state index in [1.807, 2.05) is 16.7 Å². The highest BCUT2D eigenvalue weighted by Crippen LogP contribution is 2.22. The Bertz CT molecular complexity index is 377. The second-order valence-electron chi connectivity index (χ2n) is 4.00. The van der Waals surface area contributed by atoms with Crippen LogP contribution in [0.4, 0.5) is 5.69 Å². The SMILES string of the molecule is CCC1CN(C(=O)c2cc(N)c[nH]2)CCS1. The Morgan fingerprint density at radius 2 is 2.56 bits per heavy atom. The Morgan fingerprint density at radius 1 is 1.75 bits per heavy atom. The minimum absolute atomic E-state index is 0.0652. The van der Waals surface area contributed by atoms with Gasteiger partial charge in [0.2, 0.25) is 0 Å². The van der Waals surface area contributed by atoms with Crippen molar-refractivity contribution in [3.63, 3.8) is 0 Å². The number of aromatic amines is 1. The minimum Gasteiger partial charge on any atom is -0.397 e. The molecule has 1 fully saturated rings. The first-order valence-electron chi connectivity index (χ1n) is 5.55. The molecule has 1 atom stereocenters. The molecule has 0 bridgehead atoms. The van der Waals surface area contributed by atoms with Crippen LogP contribution in [0.2, 0.25) is 0 Å². The average Bonchev–Trinajstić information content (AvgIpc) is 2.75. The Labute approximate surface area is 99.6 Å². The molecule has 1 aromatic heterocycles. The van der Waals surface area contributed by atoms with E-state index in [0.717, 1.165) is 25.3 Å². The number of nitrogens with zero attached hydrogens (tertiary/aromatic N) is 1. The summed E-state index contributed by atoms with van der Waals surface area (Å²) in [4.78, 5) is 16.9. The maximum atomic E-state index is 12.1. The number of anilines is 1. The highest BCUT2D eigenvalue weighted by molar-refractivity contribution is 8.00. The fourth-order valence-electron chi connectivity index (χ4n) is 1.86. The van der Waals surface area contributed by atoms with E-state index < -0.39 is 0 Å². The second kappa shape index (κ2) is 4.82. The summed E-state index contributed by atoms with van der Waals surface area (Å²) in [6, 6.07) is 1.70. The van der Waals surface area contributed by atoms with Gasteiger partial charge in [0, 0.05) is 36.0 Å². The lowest BCUT2D eigenvalue weighted by Crippen LogP contribution is -2.41. The van der Waals surface area contributed by atoms with Gasteiger partial charge in [-0.1, -0.05) is 6.92 Å². The molecule has 1 aliphatic heterocycles. The van der Waals surface area contributed by atoms with Gasteiger partial charge in [-0.2, -0.15) is 11.8 Å². The Balaban J connectivity index is 2.04. The summed E-state index contributed by atoms with van der Waals surface area (Å²) in [5, 5.41) is 0.574. The molecule has 3 N–H and O–H groups in total. The number of aromatic nitrogens is 1. The summed E-state index contributed by atoms with van der Waals surface area (Å²) >= 11 is 1.96. The number of nitrogens with two attached hydrogens (primary N) is 1. The van der Waals surface area contributed by atoms with Crippen LogP contribution in [0.25, 0.3) is 0 Å². The maximum absolute atomic E-state index is 12.1. The van der Waals surface area contributed by atoms with E-state index in [1.165, 1.54) is 0 Å². The number of nitrogen functional groups attached to an aromatic ring is 1. The third kappa shape index (κ3) is 2.35. The maximum Gasteiger partial charge on any atom is 0.270 e. The number of thioether (sulfide) groups is 1. The summed E-state index contributed by atoms with van der Waals surface area (Å²) in [5.74, 6) is 1.09. The molecule has 4 nitrogen and oxygen atoms in total. The molecular formula is C11H17N3OS. The van der Waals surface area contributed by atoms with Gasteiger partial charge in [-0.25, -0.2) is 0 Å². The summed E-state index contributed by atoms with van der Waals surface area (Å²) in [6.07, 6.45) is 2.77. The molecule has 16 heavy (non-hydrogen) atoms. The van der Waals surface area contributed by atoms with Crippen LogP contribution in [-0.4, -0.2) is 39.9 Å². The lowest BCUT2D eigenvalue weighted by atomic mass is 10.2. The lowest BCUT2D eigenvalue weighted by molar-refractivity contribution is 0.0756. The van der Waals surface area contributed by atoms with E-state index in [-0.39, 0.29) is 5.91 Å². The predicted molar refractivity (Wildman–Crippen MR) is 67.6 cm³/mol. The van der Waals surface area contributed by atoms with Gasteiger partial charge >= 0.3 is 0 Å². The van der Waals surface area contributed by atoms with Gasteiger partial charge in [0.1, 0.15) is 5.69 Å². The highest BCUT2D eigenvalue weighted by Gasteiger charge is 2.24. The van der Waals surface area contributed by atoms with Crippen LogP contribution in [0.3, 0.4) is 0 Å². The minimum atomic E-state index is 0.0652. The molecule has 0 aromatic carbocycles. The number of carbonyl (C=O) groups is 1. The van der Waals surface area contributed by atoms with Gasteiger partial charge in [0.05, 0.1) is 0 Å². The van der Waals surface area contributed by atoms with E-state index in [1.54, 1.807) is 12.3 Å². The van der Waals surface area contributed by atoms with Crippen molar-refractivity contribution in [2.45, 2.75) is 18.6 Å². The van der Waals surface area contributed by atoms with Crippen molar-refractivity contribution in [3.05, 3.63) is 18.0 Å². The largest absolute Gasteiger partial charge is 0.397 e. The standard InChI is InChI=1S/C11H17N3OS/c1-2-9-7-14(3-4-16-9)11(15)10-5-8(12)6-13-10/h5-6,9,13H,2-4,7,12H2,1H3. The second-order valence-corrected chi connectivity index (χ2v) is 5.41. The van der Waals surface area contributed by atoms with Gasteiger partial charge < -0.3 is 15.6 Å². The average molecular weight is 239 g/mol. The number of amides is 1. The van der Waals surface area contributed by atoms with Crippen molar-refractivity contribution in [2.75, 3.05) is 24.6 Å². The zero-order chi connectivity index (χ0) is 11.5. The molecule has 1 aromatic rings. The number of nitrogens with one attached hydrogen (secondary N) is 1. The van der Waals surface area contributed by atoms with Crippen LogP contribution in [0.1, 0.15) is 23.8 Å². The van der Waals surface area contributed by atoms with Crippen LogP contribution in [0.5, 0.6) is 0 Å². The van der Waals surface area contributed by atoms with E-state index in [9.17, 15) is 4.79 Å². The molecule has 1 amide bonds. The first kappa shape index (κ1) is 11.4. The summed E-state index contributed by atoms with van der Waals surface area (Å²) in [5.41, 5.74) is 6.80. The first-order valence-corrected chi connectivity index (χ1v) is 6.60. The number of rotatable bonds is 2. The van der Waals surface area contributed by atoms with Crippen LogP contribution in [0, 0.1) is 0 Å². The Morgan fingerprint density at radius 3 is 3.19 bits per heavy atom. The molecule has 5 heteroatoms. The molecule has 88 valence electrons. The lowest BCUT2D eigenvalue weighted by Gasteiger charge is -2.31. The van der Waals surface area contributed by atoms with E-state index in [0.29, 0.717) is 16.6 Å². The number of hydrogen-bond donors (Lipinski definition) is 2. The monoisotopic (exact) mass is 239 g/mol. The summed E-state index contributed by atoms with van der Waals surface area (Å²) < 4.78 is 0. The molecule has 0 spiro atoms. The molecule has 1 saturated heterocycles. The number of carbonyl (C=O) groups excluding carboxylic acids is 1. The van der Waals surface area contributed by atoms with Crippen LogP contribution in [-0.2, 0) is 0 Å². The zero-order valence-corrected chi connectivity index (χ0v) is 10.2.